The van der Waals surface area contributed by atoms with Crippen molar-refractivity contribution in [1.29, 1.82) is 0 Å². The summed E-state index contributed by atoms with van der Waals surface area (Å²) in [6, 6.07) is 30.9. The van der Waals surface area contributed by atoms with Gasteiger partial charge in [0.25, 0.3) is 0 Å². The van der Waals surface area contributed by atoms with E-state index in [-0.39, 0.29) is 17.7 Å². The number of aromatic nitrogens is 2. The Morgan fingerprint density at radius 2 is 1.07 bits per heavy atom. The molecule has 7 aromatic rings. The van der Waals surface area contributed by atoms with Crippen molar-refractivity contribution in [3.63, 3.8) is 0 Å². The minimum atomic E-state index is 0.00312. The molecule has 0 spiro atoms. The van der Waals surface area contributed by atoms with Crippen molar-refractivity contribution in [3.05, 3.63) is 112 Å². The predicted octanol–water partition coefficient (Wildman–Crippen LogP) is 9.69. The highest BCUT2D eigenvalue weighted by molar-refractivity contribution is 6.88. The Balaban J connectivity index is 1.62. The van der Waals surface area contributed by atoms with Gasteiger partial charge in [0, 0.05) is 38.3 Å². The van der Waals surface area contributed by atoms with Gasteiger partial charge in [0.2, 0.25) is 0 Å². The second-order valence-corrected chi connectivity index (χ2v) is 15.8. The molecular weight excluding hydrogens is 543 g/mol. The number of benzene rings is 5. The van der Waals surface area contributed by atoms with E-state index in [0.29, 0.717) is 0 Å². The van der Waals surface area contributed by atoms with Gasteiger partial charge in [0.1, 0.15) is 0 Å². The van der Waals surface area contributed by atoms with Crippen LogP contribution in [0.1, 0.15) is 74.9 Å². The van der Waals surface area contributed by atoms with Gasteiger partial charge in [0.05, 0.1) is 11.0 Å². The standard InChI is InChI=1S/C42H43BN2/c1-24-17-26(3)38-31(19-24)32-20-25(2)18-27(4)39(32)45(38)43-34-13-11-12-14-37(34)44-36-16-15-28(41(5,6)7)21-30(36)33-22-29(42(8,9)10)23-35(43)40(33)44/h11-23H,1-10H3. The lowest BCUT2D eigenvalue weighted by molar-refractivity contribution is 0.590. The highest BCUT2D eigenvalue weighted by atomic mass is 15.0. The van der Waals surface area contributed by atoms with Gasteiger partial charge in [-0.2, -0.15) is 0 Å². The SMILES string of the molecule is Cc1cc(C)c2c(c1)c1cc(C)cc(C)c1n2B1c2ccccc2-n2c3ccc(C(C)(C)C)cc3c3cc(C(C)(C)C)cc1c32. The molecule has 1 aliphatic rings. The van der Waals surface area contributed by atoms with Gasteiger partial charge < -0.3 is 9.05 Å². The molecule has 0 amide bonds. The summed E-state index contributed by atoms with van der Waals surface area (Å²) in [7, 11) is 0. The first kappa shape index (κ1) is 28.3. The quantitative estimate of drug-likeness (QED) is 0.170. The van der Waals surface area contributed by atoms with E-state index in [4.69, 9.17) is 0 Å². The molecule has 0 unspecified atom stereocenters. The van der Waals surface area contributed by atoms with E-state index < -0.39 is 0 Å². The molecule has 224 valence electrons. The second-order valence-electron chi connectivity index (χ2n) is 15.8. The van der Waals surface area contributed by atoms with Crippen molar-refractivity contribution in [2.24, 2.45) is 0 Å². The first-order chi connectivity index (χ1) is 21.2. The maximum absolute atomic E-state index is 2.70. The Morgan fingerprint density at radius 1 is 0.511 bits per heavy atom. The first-order valence-electron chi connectivity index (χ1n) is 16.5. The normalized spacial score (nSPS) is 13.5. The Hall–Kier alpha value is -4.24. The van der Waals surface area contributed by atoms with Crippen LogP contribution in [-0.2, 0) is 10.8 Å². The molecule has 0 N–H and O–H groups in total. The first-order valence-corrected chi connectivity index (χ1v) is 16.5. The molecule has 0 saturated carbocycles. The molecule has 2 aromatic heterocycles. The summed E-state index contributed by atoms with van der Waals surface area (Å²) in [4.78, 5) is 0. The third-order valence-electron chi connectivity index (χ3n) is 10.3. The highest BCUT2D eigenvalue weighted by Gasteiger charge is 2.38. The van der Waals surface area contributed by atoms with E-state index in [0.717, 1.165) is 0 Å². The van der Waals surface area contributed by atoms with E-state index >= 15 is 0 Å². The third-order valence-corrected chi connectivity index (χ3v) is 10.3. The van der Waals surface area contributed by atoms with Crippen molar-refractivity contribution in [2.75, 3.05) is 0 Å². The molecule has 5 aromatic carbocycles. The molecule has 2 nitrogen and oxygen atoms in total. The number of hydrogen-bond acceptors (Lipinski definition) is 0. The summed E-state index contributed by atoms with van der Waals surface area (Å²) in [6.07, 6.45) is 0. The number of para-hydroxylation sites is 1. The second kappa shape index (κ2) is 9.16. The van der Waals surface area contributed by atoms with Crippen molar-refractivity contribution < 1.29 is 0 Å². The van der Waals surface area contributed by atoms with Crippen LogP contribution in [0.5, 0.6) is 0 Å². The van der Waals surface area contributed by atoms with Crippen molar-refractivity contribution in [1.82, 2.24) is 9.05 Å². The summed E-state index contributed by atoms with van der Waals surface area (Å²) >= 11 is 0. The number of rotatable bonds is 1. The van der Waals surface area contributed by atoms with E-state index in [2.05, 4.69) is 157 Å². The zero-order valence-electron chi connectivity index (χ0n) is 28.5. The summed E-state index contributed by atoms with van der Waals surface area (Å²) < 4.78 is 5.27. The highest BCUT2D eigenvalue weighted by Crippen LogP contribution is 2.40. The predicted molar refractivity (Wildman–Crippen MR) is 197 cm³/mol. The summed E-state index contributed by atoms with van der Waals surface area (Å²) in [6.45, 7) is 23.1. The number of hydrogen-bond donors (Lipinski definition) is 0. The van der Waals surface area contributed by atoms with Gasteiger partial charge in [-0.15, -0.1) is 0 Å². The monoisotopic (exact) mass is 586 g/mol. The largest absolute Gasteiger partial charge is 0.375 e. The average molecular weight is 587 g/mol. The lowest BCUT2D eigenvalue weighted by Gasteiger charge is -2.31. The fraction of sp³-hybridized carbons (Fsp3) is 0.286. The topological polar surface area (TPSA) is 9.86 Å². The van der Waals surface area contributed by atoms with Gasteiger partial charge in [0.15, 0.2) is 0 Å². The fourth-order valence-electron chi connectivity index (χ4n) is 8.25. The molecule has 45 heavy (non-hydrogen) atoms. The van der Waals surface area contributed by atoms with Crippen LogP contribution < -0.4 is 10.9 Å². The lowest BCUT2D eigenvalue weighted by atomic mass is 9.47. The molecular formula is C42H43BN2. The maximum atomic E-state index is 2.70. The van der Waals surface area contributed by atoms with Crippen molar-refractivity contribution in [2.45, 2.75) is 80.1 Å². The Bertz CT molecular complexity index is 2320. The van der Waals surface area contributed by atoms with Gasteiger partial charge in [-0.25, -0.2) is 0 Å². The van der Waals surface area contributed by atoms with E-state index in [9.17, 15) is 0 Å². The van der Waals surface area contributed by atoms with Gasteiger partial charge in [-0.1, -0.05) is 95.1 Å². The van der Waals surface area contributed by atoms with Crippen LogP contribution in [-0.4, -0.2) is 15.9 Å². The number of nitrogens with zero attached hydrogens (tertiary/aromatic N) is 2. The Labute approximate surface area is 267 Å². The van der Waals surface area contributed by atoms with E-state index in [1.165, 1.54) is 93.6 Å². The van der Waals surface area contributed by atoms with Gasteiger partial charge in [-0.3, -0.25) is 0 Å². The Morgan fingerprint density at radius 3 is 1.67 bits per heavy atom. The summed E-state index contributed by atoms with van der Waals surface area (Å²) in [5, 5.41) is 5.42. The Kier molecular flexibility index (Phi) is 5.75. The lowest BCUT2D eigenvalue weighted by Crippen LogP contribution is -2.53. The van der Waals surface area contributed by atoms with E-state index in [1.54, 1.807) is 0 Å². The van der Waals surface area contributed by atoms with Crippen LogP contribution in [0.15, 0.2) is 78.9 Å². The molecule has 0 fully saturated rings. The molecule has 3 heteroatoms. The maximum Gasteiger partial charge on any atom is 0.332 e. The zero-order valence-corrected chi connectivity index (χ0v) is 28.5. The molecule has 1 aliphatic heterocycles. The minimum Gasteiger partial charge on any atom is -0.375 e. The molecule has 0 aliphatic carbocycles. The van der Waals surface area contributed by atoms with Gasteiger partial charge >= 0.3 is 6.85 Å². The van der Waals surface area contributed by atoms with Crippen molar-refractivity contribution in [3.8, 4) is 5.69 Å². The van der Waals surface area contributed by atoms with Crippen LogP contribution in [0, 0.1) is 27.7 Å². The number of aryl methyl sites for hydroxylation is 4. The molecule has 0 atom stereocenters. The summed E-state index contributed by atoms with van der Waals surface area (Å²) in [5.41, 5.74) is 17.5. The smallest absolute Gasteiger partial charge is 0.332 e. The number of fused-ring (bicyclic) bond motifs is 8. The van der Waals surface area contributed by atoms with Crippen LogP contribution >= 0.6 is 0 Å². The zero-order chi connectivity index (χ0) is 31.7. The minimum absolute atomic E-state index is 0.00312. The molecule has 0 saturated heterocycles. The molecule has 8 rings (SSSR count). The van der Waals surface area contributed by atoms with Crippen LogP contribution in [0.25, 0.3) is 49.3 Å². The van der Waals surface area contributed by atoms with Crippen LogP contribution in [0.3, 0.4) is 0 Å². The average Bonchev–Trinajstić information content (AvgIpc) is 3.46. The third kappa shape index (κ3) is 3.95. The fourth-order valence-corrected chi connectivity index (χ4v) is 8.25. The van der Waals surface area contributed by atoms with Crippen molar-refractivity contribution >= 4 is 61.4 Å². The summed E-state index contributed by atoms with van der Waals surface area (Å²) in [5.74, 6) is 0. The molecule has 0 radical (unpaired) electrons. The van der Waals surface area contributed by atoms with Gasteiger partial charge in [-0.05, 0) is 108 Å². The van der Waals surface area contributed by atoms with Crippen LogP contribution in [0.4, 0.5) is 0 Å². The van der Waals surface area contributed by atoms with E-state index in [1.807, 2.05) is 0 Å². The van der Waals surface area contributed by atoms with Crippen LogP contribution in [0.2, 0.25) is 0 Å². The molecule has 3 heterocycles. The molecule has 0 bridgehead atoms.